The fourth-order valence-electron chi connectivity index (χ4n) is 2.22. The molecule has 1 saturated carbocycles. The number of para-hydroxylation sites is 1. The van der Waals surface area contributed by atoms with Gasteiger partial charge in [0.2, 0.25) is 0 Å². The minimum atomic E-state index is 0.721. The second-order valence-electron chi connectivity index (χ2n) is 5.07. The molecule has 2 aromatic rings. The molecular formula is C17H19NO. The summed E-state index contributed by atoms with van der Waals surface area (Å²) in [6.07, 6.45) is 4.01. The molecule has 2 heteroatoms. The van der Waals surface area contributed by atoms with Gasteiger partial charge < -0.3 is 10.1 Å². The van der Waals surface area contributed by atoms with Crippen LogP contribution >= 0.6 is 0 Å². The average Bonchev–Trinajstić information content (AvgIpc) is 2.39. The Labute approximate surface area is 114 Å². The molecule has 0 unspecified atom stereocenters. The van der Waals surface area contributed by atoms with Crippen molar-refractivity contribution in [3.8, 4) is 11.5 Å². The van der Waals surface area contributed by atoms with Crippen LogP contribution < -0.4 is 10.1 Å². The molecule has 1 N–H and O–H groups in total. The van der Waals surface area contributed by atoms with Crippen molar-refractivity contribution >= 4 is 0 Å². The zero-order chi connectivity index (χ0) is 12.9. The summed E-state index contributed by atoms with van der Waals surface area (Å²) in [6.45, 7) is 0.927. The second-order valence-corrected chi connectivity index (χ2v) is 5.07. The Balaban J connectivity index is 1.62. The van der Waals surface area contributed by atoms with E-state index < -0.39 is 0 Å². The molecule has 0 radical (unpaired) electrons. The summed E-state index contributed by atoms with van der Waals surface area (Å²) in [5, 5.41) is 3.57. The molecule has 0 heterocycles. The van der Waals surface area contributed by atoms with Crippen molar-refractivity contribution in [1.29, 1.82) is 0 Å². The van der Waals surface area contributed by atoms with Gasteiger partial charge in [0, 0.05) is 12.6 Å². The lowest BCUT2D eigenvalue weighted by Crippen LogP contribution is -2.34. The van der Waals surface area contributed by atoms with Gasteiger partial charge in [0.15, 0.2) is 0 Å². The van der Waals surface area contributed by atoms with Gasteiger partial charge in [0.25, 0.3) is 0 Å². The Kier molecular flexibility index (Phi) is 3.80. The number of hydrogen-bond donors (Lipinski definition) is 1. The molecule has 98 valence electrons. The molecule has 1 aliphatic carbocycles. The minimum absolute atomic E-state index is 0.721. The third-order valence-electron chi connectivity index (χ3n) is 3.58. The van der Waals surface area contributed by atoms with E-state index >= 15 is 0 Å². The first-order valence-electron chi connectivity index (χ1n) is 6.95. The smallest absolute Gasteiger partial charge is 0.127 e. The van der Waals surface area contributed by atoms with E-state index in [1.165, 1.54) is 24.8 Å². The quantitative estimate of drug-likeness (QED) is 0.865. The minimum Gasteiger partial charge on any atom is -0.457 e. The maximum atomic E-state index is 5.84. The van der Waals surface area contributed by atoms with Crippen LogP contribution in [0.3, 0.4) is 0 Å². The maximum absolute atomic E-state index is 5.84. The van der Waals surface area contributed by atoms with Gasteiger partial charge in [-0.05, 0) is 42.7 Å². The van der Waals surface area contributed by atoms with Gasteiger partial charge in [0.1, 0.15) is 11.5 Å². The highest BCUT2D eigenvalue weighted by molar-refractivity contribution is 5.33. The van der Waals surface area contributed by atoms with E-state index in [2.05, 4.69) is 23.5 Å². The standard InChI is InChI=1S/C17H19NO/c1-2-9-16(10-3-1)19-17-11-4-6-14(12-17)13-18-15-7-5-8-15/h1-4,6,9-12,15,18H,5,7-8,13H2. The van der Waals surface area contributed by atoms with Crippen molar-refractivity contribution in [1.82, 2.24) is 5.32 Å². The normalized spacial score (nSPS) is 14.9. The number of rotatable bonds is 5. The number of nitrogens with one attached hydrogen (secondary N) is 1. The van der Waals surface area contributed by atoms with Gasteiger partial charge >= 0.3 is 0 Å². The number of hydrogen-bond acceptors (Lipinski definition) is 2. The Morgan fingerprint density at radius 1 is 0.947 bits per heavy atom. The first kappa shape index (κ1) is 12.2. The molecule has 2 nitrogen and oxygen atoms in total. The summed E-state index contributed by atoms with van der Waals surface area (Å²) in [4.78, 5) is 0. The highest BCUT2D eigenvalue weighted by Gasteiger charge is 2.15. The zero-order valence-electron chi connectivity index (χ0n) is 11.0. The summed E-state index contributed by atoms with van der Waals surface area (Å²) in [7, 11) is 0. The molecule has 3 rings (SSSR count). The van der Waals surface area contributed by atoms with Crippen LogP contribution in [0.5, 0.6) is 11.5 Å². The molecule has 1 fully saturated rings. The summed E-state index contributed by atoms with van der Waals surface area (Å²) >= 11 is 0. The lowest BCUT2D eigenvalue weighted by Gasteiger charge is -2.26. The average molecular weight is 253 g/mol. The third-order valence-corrected chi connectivity index (χ3v) is 3.58. The van der Waals surface area contributed by atoms with E-state index in [4.69, 9.17) is 4.74 Å². The van der Waals surface area contributed by atoms with Gasteiger partial charge in [-0.25, -0.2) is 0 Å². The summed E-state index contributed by atoms with van der Waals surface area (Å²) in [6, 6.07) is 18.9. The van der Waals surface area contributed by atoms with E-state index in [0.29, 0.717) is 0 Å². The monoisotopic (exact) mass is 253 g/mol. The molecule has 1 aliphatic rings. The van der Waals surface area contributed by atoms with E-state index in [1.807, 2.05) is 36.4 Å². The summed E-state index contributed by atoms with van der Waals surface area (Å²) in [5.41, 5.74) is 1.28. The highest BCUT2D eigenvalue weighted by atomic mass is 16.5. The molecule has 0 spiro atoms. The van der Waals surface area contributed by atoms with Crippen molar-refractivity contribution in [3.63, 3.8) is 0 Å². The third kappa shape index (κ3) is 3.36. The van der Waals surface area contributed by atoms with Crippen LogP contribution in [0.1, 0.15) is 24.8 Å². The molecule has 0 saturated heterocycles. The van der Waals surface area contributed by atoms with E-state index in [0.717, 1.165) is 24.1 Å². The molecule has 2 aromatic carbocycles. The predicted molar refractivity (Wildman–Crippen MR) is 77.4 cm³/mol. The van der Waals surface area contributed by atoms with Gasteiger partial charge in [-0.3, -0.25) is 0 Å². The molecule has 19 heavy (non-hydrogen) atoms. The summed E-state index contributed by atoms with van der Waals surface area (Å²) in [5.74, 6) is 1.78. The molecule has 0 aromatic heterocycles. The van der Waals surface area contributed by atoms with Crippen LogP contribution in [0, 0.1) is 0 Å². The van der Waals surface area contributed by atoms with Gasteiger partial charge in [0.05, 0.1) is 0 Å². The topological polar surface area (TPSA) is 21.3 Å². The van der Waals surface area contributed by atoms with E-state index in [1.54, 1.807) is 0 Å². The molecule has 0 atom stereocenters. The lowest BCUT2D eigenvalue weighted by atomic mass is 9.93. The van der Waals surface area contributed by atoms with E-state index in [9.17, 15) is 0 Å². The Bertz CT molecular complexity index is 520. The number of ether oxygens (including phenoxy) is 1. The van der Waals surface area contributed by atoms with Crippen LogP contribution in [0.25, 0.3) is 0 Å². The van der Waals surface area contributed by atoms with E-state index in [-0.39, 0.29) is 0 Å². The Hall–Kier alpha value is -1.80. The van der Waals surface area contributed by atoms with Gasteiger partial charge in [-0.1, -0.05) is 36.8 Å². The zero-order valence-corrected chi connectivity index (χ0v) is 11.0. The van der Waals surface area contributed by atoms with Crippen molar-refractivity contribution in [2.24, 2.45) is 0 Å². The predicted octanol–water partition coefficient (Wildman–Crippen LogP) is 4.12. The number of benzene rings is 2. The lowest BCUT2D eigenvalue weighted by molar-refractivity contribution is 0.338. The van der Waals surface area contributed by atoms with Crippen molar-refractivity contribution in [2.45, 2.75) is 31.8 Å². The van der Waals surface area contributed by atoms with Gasteiger partial charge in [-0.2, -0.15) is 0 Å². The van der Waals surface area contributed by atoms with Crippen LogP contribution in [0.4, 0.5) is 0 Å². The SMILES string of the molecule is c1ccc(Oc2cccc(CNC3CCC3)c2)cc1. The van der Waals surface area contributed by atoms with Crippen LogP contribution in [0.15, 0.2) is 54.6 Å². The first-order valence-corrected chi connectivity index (χ1v) is 6.95. The largest absolute Gasteiger partial charge is 0.457 e. The molecular weight excluding hydrogens is 234 g/mol. The van der Waals surface area contributed by atoms with Crippen molar-refractivity contribution in [3.05, 3.63) is 60.2 Å². The van der Waals surface area contributed by atoms with Crippen molar-refractivity contribution in [2.75, 3.05) is 0 Å². The van der Waals surface area contributed by atoms with Gasteiger partial charge in [-0.15, -0.1) is 0 Å². The highest BCUT2D eigenvalue weighted by Crippen LogP contribution is 2.23. The van der Waals surface area contributed by atoms with Crippen LogP contribution in [0.2, 0.25) is 0 Å². The van der Waals surface area contributed by atoms with Crippen molar-refractivity contribution < 1.29 is 4.74 Å². The molecule has 0 amide bonds. The van der Waals surface area contributed by atoms with Crippen LogP contribution in [-0.2, 0) is 6.54 Å². The fraction of sp³-hybridized carbons (Fsp3) is 0.294. The maximum Gasteiger partial charge on any atom is 0.127 e. The van der Waals surface area contributed by atoms with Crippen LogP contribution in [-0.4, -0.2) is 6.04 Å². The Morgan fingerprint density at radius 2 is 1.74 bits per heavy atom. The first-order chi connectivity index (χ1) is 9.40. The fourth-order valence-corrected chi connectivity index (χ4v) is 2.22. The summed E-state index contributed by atoms with van der Waals surface area (Å²) < 4.78 is 5.84. The Morgan fingerprint density at radius 3 is 2.47 bits per heavy atom. The second kappa shape index (κ2) is 5.89. The molecule has 0 aliphatic heterocycles. The molecule has 0 bridgehead atoms.